The molecule has 22 heavy (non-hydrogen) atoms. The molecule has 0 aliphatic rings. The maximum absolute atomic E-state index is 10.7. The second-order valence-electron chi connectivity index (χ2n) is 5.63. The van der Waals surface area contributed by atoms with Crippen LogP contribution in [0.4, 0.5) is 0 Å². The van der Waals surface area contributed by atoms with Gasteiger partial charge in [0.1, 0.15) is 11.9 Å². The third kappa shape index (κ3) is 2.90. The van der Waals surface area contributed by atoms with E-state index in [-0.39, 0.29) is 0 Å². The number of aliphatic hydroxyl groups is 1. The highest BCUT2D eigenvalue weighted by atomic mass is 16.3. The Morgan fingerprint density at radius 2 is 1.73 bits per heavy atom. The molecule has 1 heterocycles. The van der Waals surface area contributed by atoms with Gasteiger partial charge in [-0.2, -0.15) is 0 Å². The van der Waals surface area contributed by atoms with Gasteiger partial charge in [-0.1, -0.05) is 62.2 Å². The van der Waals surface area contributed by atoms with Gasteiger partial charge in [-0.05, 0) is 24.1 Å². The molecule has 2 aromatic carbocycles. The molecule has 114 valence electrons. The van der Waals surface area contributed by atoms with Crippen LogP contribution in [0.25, 0.3) is 11.0 Å². The zero-order chi connectivity index (χ0) is 15.4. The molecule has 0 radical (unpaired) electrons. The zero-order valence-corrected chi connectivity index (χ0v) is 12.9. The average molecular weight is 294 g/mol. The molecule has 0 aliphatic carbocycles. The lowest BCUT2D eigenvalue weighted by molar-refractivity contribution is 0.205. The minimum absolute atomic E-state index is 0.685. The first kappa shape index (κ1) is 14.8. The highest BCUT2D eigenvalue weighted by Crippen LogP contribution is 2.26. The summed E-state index contributed by atoms with van der Waals surface area (Å²) in [5.41, 5.74) is 2.93. The Bertz CT molecular complexity index is 734. The number of imidazole rings is 1. The van der Waals surface area contributed by atoms with E-state index in [0.717, 1.165) is 35.4 Å². The van der Waals surface area contributed by atoms with E-state index in [1.165, 1.54) is 12.8 Å². The fourth-order valence-corrected chi connectivity index (χ4v) is 2.84. The van der Waals surface area contributed by atoms with Crippen LogP contribution in [0.2, 0.25) is 0 Å². The molecule has 3 rings (SSSR count). The van der Waals surface area contributed by atoms with Crippen LogP contribution < -0.4 is 0 Å². The van der Waals surface area contributed by atoms with Crippen molar-refractivity contribution in [2.75, 3.05) is 0 Å². The number of para-hydroxylation sites is 2. The summed E-state index contributed by atoms with van der Waals surface area (Å²) in [6.45, 7) is 3.10. The van der Waals surface area contributed by atoms with E-state index in [1.54, 1.807) is 0 Å². The molecule has 1 atom stereocenters. The summed E-state index contributed by atoms with van der Waals surface area (Å²) in [6.07, 6.45) is 2.79. The summed E-state index contributed by atoms with van der Waals surface area (Å²) < 4.78 is 2.17. The first-order chi connectivity index (χ1) is 10.8. The van der Waals surface area contributed by atoms with Crippen LogP contribution in [-0.2, 0) is 6.54 Å². The molecule has 3 heteroatoms. The van der Waals surface area contributed by atoms with Gasteiger partial charge in [0, 0.05) is 6.54 Å². The lowest BCUT2D eigenvalue weighted by Gasteiger charge is -2.14. The average Bonchev–Trinajstić information content (AvgIpc) is 2.94. The number of nitrogens with zero attached hydrogens (tertiary/aromatic N) is 2. The van der Waals surface area contributed by atoms with Gasteiger partial charge in [-0.25, -0.2) is 4.98 Å². The van der Waals surface area contributed by atoms with Gasteiger partial charge in [-0.3, -0.25) is 0 Å². The van der Waals surface area contributed by atoms with Crippen molar-refractivity contribution in [2.24, 2.45) is 0 Å². The molecule has 1 N–H and O–H groups in total. The second-order valence-corrected chi connectivity index (χ2v) is 5.63. The number of unbranched alkanes of at least 4 members (excludes halogenated alkanes) is 2. The Morgan fingerprint density at radius 1 is 1.00 bits per heavy atom. The van der Waals surface area contributed by atoms with Gasteiger partial charge in [0.2, 0.25) is 0 Å². The first-order valence-corrected chi connectivity index (χ1v) is 7.99. The number of rotatable bonds is 6. The molecule has 0 spiro atoms. The van der Waals surface area contributed by atoms with Crippen molar-refractivity contribution >= 4 is 11.0 Å². The maximum Gasteiger partial charge on any atom is 0.143 e. The van der Waals surface area contributed by atoms with Gasteiger partial charge < -0.3 is 9.67 Å². The maximum atomic E-state index is 10.7. The van der Waals surface area contributed by atoms with Crippen molar-refractivity contribution in [3.63, 3.8) is 0 Å². The van der Waals surface area contributed by atoms with Gasteiger partial charge in [0.25, 0.3) is 0 Å². The Kier molecular flexibility index (Phi) is 4.54. The van der Waals surface area contributed by atoms with Crippen LogP contribution in [0, 0.1) is 0 Å². The molecule has 0 aliphatic heterocycles. The quantitative estimate of drug-likeness (QED) is 0.688. The van der Waals surface area contributed by atoms with E-state index in [4.69, 9.17) is 0 Å². The van der Waals surface area contributed by atoms with Gasteiger partial charge in [-0.15, -0.1) is 0 Å². The number of hydrogen-bond donors (Lipinski definition) is 1. The fraction of sp³-hybridized carbons (Fsp3) is 0.316. The van der Waals surface area contributed by atoms with E-state index in [2.05, 4.69) is 22.5 Å². The smallest absolute Gasteiger partial charge is 0.143 e. The van der Waals surface area contributed by atoms with E-state index in [1.807, 2.05) is 48.5 Å². The molecule has 0 fully saturated rings. The summed E-state index contributed by atoms with van der Waals surface area (Å²) in [7, 11) is 0. The molecule has 0 unspecified atom stereocenters. The Balaban J connectivity index is 2.02. The summed E-state index contributed by atoms with van der Waals surface area (Å²) in [6, 6.07) is 17.8. The molecular formula is C19H22N2O. The molecule has 0 saturated heterocycles. The molecule has 1 aromatic heterocycles. The van der Waals surface area contributed by atoms with Crippen LogP contribution in [0.3, 0.4) is 0 Å². The van der Waals surface area contributed by atoms with Crippen LogP contribution in [0.1, 0.15) is 43.7 Å². The molecular weight excluding hydrogens is 272 g/mol. The van der Waals surface area contributed by atoms with Crippen LogP contribution in [-0.4, -0.2) is 14.7 Å². The topological polar surface area (TPSA) is 38.0 Å². The van der Waals surface area contributed by atoms with Crippen LogP contribution >= 0.6 is 0 Å². The van der Waals surface area contributed by atoms with Crippen LogP contribution in [0.15, 0.2) is 54.6 Å². The monoisotopic (exact) mass is 294 g/mol. The van der Waals surface area contributed by atoms with Crippen LogP contribution in [0.5, 0.6) is 0 Å². The number of fused-ring (bicyclic) bond motifs is 1. The predicted molar refractivity (Wildman–Crippen MR) is 89.8 cm³/mol. The minimum Gasteiger partial charge on any atom is -0.380 e. The Labute approximate surface area is 131 Å². The van der Waals surface area contributed by atoms with E-state index in [0.29, 0.717) is 0 Å². The van der Waals surface area contributed by atoms with Crippen molar-refractivity contribution in [1.82, 2.24) is 9.55 Å². The standard InChI is InChI=1S/C19H22N2O/c1-2-3-9-14-21-17-13-8-7-12-16(17)20-19(21)18(22)15-10-5-4-6-11-15/h4-8,10-13,18,22H,2-3,9,14H2,1H3/t18-/m1/s1. The summed E-state index contributed by atoms with van der Waals surface area (Å²) in [4.78, 5) is 4.68. The first-order valence-electron chi connectivity index (χ1n) is 7.99. The lowest BCUT2D eigenvalue weighted by atomic mass is 10.1. The third-order valence-electron chi connectivity index (χ3n) is 4.03. The minimum atomic E-state index is -0.685. The predicted octanol–water partition coefficient (Wildman–Crippen LogP) is 4.31. The fourth-order valence-electron chi connectivity index (χ4n) is 2.84. The molecule has 3 aromatic rings. The summed E-state index contributed by atoms with van der Waals surface area (Å²) in [5, 5.41) is 10.7. The number of aliphatic hydroxyl groups excluding tert-OH is 1. The third-order valence-corrected chi connectivity index (χ3v) is 4.03. The van der Waals surface area contributed by atoms with E-state index >= 15 is 0 Å². The molecule has 3 nitrogen and oxygen atoms in total. The Hall–Kier alpha value is -2.13. The van der Waals surface area contributed by atoms with Crippen molar-refractivity contribution in [2.45, 2.75) is 38.8 Å². The largest absolute Gasteiger partial charge is 0.380 e. The lowest BCUT2D eigenvalue weighted by Crippen LogP contribution is -2.10. The van der Waals surface area contributed by atoms with E-state index < -0.39 is 6.10 Å². The number of aryl methyl sites for hydroxylation is 1. The normalized spacial score (nSPS) is 12.6. The molecule has 0 amide bonds. The number of benzene rings is 2. The Morgan fingerprint density at radius 3 is 2.50 bits per heavy atom. The van der Waals surface area contributed by atoms with E-state index in [9.17, 15) is 5.11 Å². The highest BCUT2D eigenvalue weighted by Gasteiger charge is 2.19. The van der Waals surface area contributed by atoms with Gasteiger partial charge >= 0.3 is 0 Å². The number of aromatic nitrogens is 2. The van der Waals surface area contributed by atoms with Gasteiger partial charge in [0.15, 0.2) is 0 Å². The molecule has 0 saturated carbocycles. The highest BCUT2D eigenvalue weighted by molar-refractivity contribution is 5.76. The van der Waals surface area contributed by atoms with Crippen molar-refractivity contribution in [3.05, 3.63) is 66.0 Å². The second kappa shape index (κ2) is 6.75. The van der Waals surface area contributed by atoms with Crippen molar-refractivity contribution in [1.29, 1.82) is 0 Å². The zero-order valence-electron chi connectivity index (χ0n) is 12.9. The number of hydrogen-bond acceptors (Lipinski definition) is 2. The van der Waals surface area contributed by atoms with Gasteiger partial charge in [0.05, 0.1) is 11.0 Å². The SMILES string of the molecule is CCCCCn1c([C@H](O)c2ccccc2)nc2ccccc21. The van der Waals surface area contributed by atoms with Crippen molar-refractivity contribution in [3.8, 4) is 0 Å². The molecule has 0 bridgehead atoms. The summed E-state index contributed by atoms with van der Waals surface area (Å²) in [5.74, 6) is 0.739. The summed E-state index contributed by atoms with van der Waals surface area (Å²) >= 11 is 0. The van der Waals surface area contributed by atoms with Crippen molar-refractivity contribution < 1.29 is 5.11 Å².